The summed E-state index contributed by atoms with van der Waals surface area (Å²) < 4.78 is 0. The zero-order valence-electron chi connectivity index (χ0n) is 4.65. The number of hydrogen-bond acceptors (Lipinski definition) is 0. The maximum absolute atomic E-state index is 5.26. The summed E-state index contributed by atoms with van der Waals surface area (Å²) in [5.74, 6) is 0. The standard InChI is InChI=1S/C6H11Cl/c1-2-3-4-5-6-7/h5-6H,2-4H2,1H3/b6-5+. The molecule has 42 valence electrons. The van der Waals surface area contributed by atoms with Gasteiger partial charge in [0.05, 0.1) is 0 Å². The predicted octanol–water partition coefficient (Wildman–Crippen LogP) is 2.93. The highest BCUT2D eigenvalue weighted by Gasteiger charge is 1.73. The Morgan fingerprint density at radius 2 is 2.29 bits per heavy atom. The third kappa shape index (κ3) is 6.03. The topological polar surface area (TPSA) is 0 Å². The largest absolute Gasteiger partial charge is 0.0933 e. The molecule has 0 N–H and O–H groups in total. The summed E-state index contributed by atoms with van der Waals surface area (Å²) in [7, 11) is 0. The molecule has 0 bridgehead atoms. The van der Waals surface area contributed by atoms with Crippen LogP contribution < -0.4 is 0 Å². The van der Waals surface area contributed by atoms with Crippen molar-refractivity contribution in [2.45, 2.75) is 26.2 Å². The highest BCUT2D eigenvalue weighted by atomic mass is 35.5. The van der Waals surface area contributed by atoms with E-state index in [2.05, 4.69) is 6.92 Å². The minimum atomic E-state index is 1.12. The van der Waals surface area contributed by atoms with Crippen molar-refractivity contribution in [1.82, 2.24) is 0 Å². The molecule has 0 heterocycles. The Bertz CT molecular complexity index is 48.1. The molecule has 0 saturated heterocycles. The lowest BCUT2D eigenvalue weighted by atomic mass is 10.3. The van der Waals surface area contributed by atoms with Gasteiger partial charge in [0.25, 0.3) is 0 Å². The molecule has 0 radical (unpaired) electrons. The maximum Gasteiger partial charge on any atom is 0.000245 e. The molecule has 0 aliphatic carbocycles. The Kier molecular flexibility index (Phi) is 6.06. The Morgan fingerprint density at radius 1 is 1.57 bits per heavy atom. The van der Waals surface area contributed by atoms with Crippen molar-refractivity contribution in [2.75, 3.05) is 0 Å². The van der Waals surface area contributed by atoms with E-state index in [9.17, 15) is 0 Å². The summed E-state index contributed by atoms with van der Waals surface area (Å²) in [4.78, 5) is 0. The van der Waals surface area contributed by atoms with Crippen molar-refractivity contribution in [3.8, 4) is 0 Å². The number of unbranched alkanes of at least 4 members (excludes halogenated alkanes) is 2. The summed E-state index contributed by atoms with van der Waals surface area (Å²) >= 11 is 5.26. The third-order valence-electron chi connectivity index (χ3n) is 0.813. The molecule has 0 rings (SSSR count). The Hall–Kier alpha value is 0.0300. The van der Waals surface area contributed by atoms with Gasteiger partial charge >= 0.3 is 0 Å². The molecule has 1 heteroatoms. The average molecular weight is 119 g/mol. The highest BCUT2D eigenvalue weighted by molar-refractivity contribution is 6.25. The molecule has 0 aromatic heterocycles. The monoisotopic (exact) mass is 118 g/mol. The smallest absolute Gasteiger partial charge is 0.000245 e. The van der Waals surface area contributed by atoms with E-state index in [-0.39, 0.29) is 0 Å². The quantitative estimate of drug-likeness (QED) is 0.500. The van der Waals surface area contributed by atoms with Crippen molar-refractivity contribution < 1.29 is 0 Å². The fourth-order valence-electron chi connectivity index (χ4n) is 0.385. The first-order valence-corrected chi connectivity index (χ1v) is 3.10. The van der Waals surface area contributed by atoms with Gasteiger partial charge in [0.15, 0.2) is 0 Å². The minimum absolute atomic E-state index is 1.12. The minimum Gasteiger partial charge on any atom is -0.0933 e. The van der Waals surface area contributed by atoms with Gasteiger partial charge in [0.1, 0.15) is 0 Å². The van der Waals surface area contributed by atoms with Crippen molar-refractivity contribution in [3.63, 3.8) is 0 Å². The van der Waals surface area contributed by atoms with E-state index >= 15 is 0 Å². The van der Waals surface area contributed by atoms with Crippen molar-refractivity contribution in [3.05, 3.63) is 11.6 Å². The van der Waals surface area contributed by atoms with Gasteiger partial charge in [-0.05, 0) is 6.42 Å². The zero-order valence-corrected chi connectivity index (χ0v) is 5.41. The van der Waals surface area contributed by atoms with E-state index in [4.69, 9.17) is 11.6 Å². The summed E-state index contributed by atoms with van der Waals surface area (Å²) in [5.41, 5.74) is 1.58. The van der Waals surface area contributed by atoms with Gasteiger partial charge in [-0.25, -0.2) is 0 Å². The van der Waals surface area contributed by atoms with E-state index in [1.165, 1.54) is 12.8 Å². The van der Waals surface area contributed by atoms with Crippen molar-refractivity contribution in [1.29, 1.82) is 0 Å². The zero-order chi connectivity index (χ0) is 5.54. The summed E-state index contributed by atoms with van der Waals surface area (Å²) in [5, 5.41) is 0. The highest BCUT2D eigenvalue weighted by Crippen LogP contribution is 1.94. The van der Waals surface area contributed by atoms with E-state index in [1.807, 2.05) is 6.08 Å². The summed E-state index contributed by atoms with van der Waals surface area (Å²) in [6, 6.07) is 0. The van der Waals surface area contributed by atoms with Gasteiger partial charge in [-0.3, -0.25) is 0 Å². The lowest BCUT2D eigenvalue weighted by Crippen LogP contribution is -1.63. The molecule has 7 heavy (non-hydrogen) atoms. The van der Waals surface area contributed by atoms with E-state index in [1.54, 1.807) is 5.54 Å². The van der Waals surface area contributed by atoms with Crippen LogP contribution in [0, 0.1) is 0 Å². The van der Waals surface area contributed by atoms with Gasteiger partial charge in [-0.1, -0.05) is 37.4 Å². The molecular formula is C6H11Cl. The molecule has 0 aromatic rings. The van der Waals surface area contributed by atoms with Crippen LogP contribution in [0.15, 0.2) is 11.6 Å². The van der Waals surface area contributed by atoms with Crippen LogP contribution >= 0.6 is 11.6 Å². The van der Waals surface area contributed by atoms with Crippen LogP contribution in [0.25, 0.3) is 0 Å². The first kappa shape index (κ1) is 7.03. The Balaban J connectivity index is 2.69. The first-order chi connectivity index (χ1) is 3.41. The van der Waals surface area contributed by atoms with Crippen LogP contribution in [0.2, 0.25) is 0 Å². The maximum atomic E-state index is 5.26. The first-order valence-electron chi connectivity index (χ1n) is 2.67. The third-order valence-corrected chi connectivity index (χ3v) is 0.992. The molecule has 0 fully saturated rings. The molecule has 0 saturated carbocycles. The van der Waals surface area contributed by atoms with Gasteiger partial charge in [-0.15, -0.1) is 0 Å². The lowest BCUT2D eigenvalue weighted by Gasteiger charge is -1.83. The molecule has 0 aliphatic heterocycles. The van der Waals surface area contributed by atoms with E-state index in [0.717, 1.165) is 6.42 Å². The summed E-state index contributed by atoms with van der Waals surface area (Å²) in [6.07, 6.45) is 5.61. The van der Waals surface area contributed by atoms with Gasteiger partial charge in [-0.2, -0.15) is 0 Å². The molecule has 0 unspecified atom stereocenters. The van der Waals surface area contributed by atoms with Gasteiger partial charge in [0, 0.05) is 5.54 Å². The van der Waals surface area contributed by atoms with Crippen LogP contribution in [0.5, 0.6) is 0 Å². The second-order valence-electron chi connectivity index (χ2n) is 1.50. The molecule has 0 aliphatic rings. The summed E-state index contributed by atoms with van der Waals surface area (Å²) in [6.45, 7) is 2.17. The van der Waals surface area contributed by atoms with Crippen LogP contribution in [-0.2, 0) is 0 Å². The van der Waals surface area contributed by atoms with Crippen LogP contribution in [0.3, 0.4) is 0 Å². The second kappa shape index (κ2) is 6.03. The Morgan fingerprint density at radius 3 is 2.71 bits per heavy atom. The average Bonchev–Trinajstić information content (AvgIpc) is 1.69. The molecule has 0 nitrogen and oxygen atoms in total. The molecule has 0 amide bonds. The normalized spacial score (nSPS) is 10.6. The van der Waals surface area contributed by atoms with Crippen LogP contribution in [0.4, 0.5) is 0 Å². The fraction of sp³-hybridized carbons (Fsp3) is 0.667. The Labute approximate surface area is 50.2 Å². The van der Waals surface area contributed by atoms with Crippen LogP contribution in [-0.4, -0.2) is 0 Å². The molecule has 0 spiro atoms. The number of halogens is 1. The SMILES string of the molecule is CCCC/C=C/Cl. The molecule has 0 aromatic carbocycles. The van der Waals surface area contributed by atoms with Crippen molar-refractivity contribution in [2.24, 2.45) is 0 Å². The van der Waals surface area contributed by atoms with Crippen LogP contribution in [0.1, 0.15) is 26.2 Å². The predicted molar refractivity (Wildman–Crippen MR) is 34.5 cm³/mol. The number of allylic oxidation sites excluding steroid dienone is 1. The number of hydrogen-bond donors (Lipinski definition) is 0. The fourth-order valence-corrected chi connectivity index (χ4v) is 0.511. The number of rotatable bonds is 3. The molecule has 0 atom stereocenters. The van der Waals surface area contributed by atoms with E-state index in [0.29, 0.717) is 0 Å². The van der Waals surface area contributed by atoms with Gasteiger partial charge in [0.2, 0.25) is 0 Å². The van der Waals surface area contributed by atoms with Gasteiger partial charge < -0.3 is 0 Å². The van der Waals surface area contributed by atoms with E-state index < -0.39 is 0 Å². The van der Waals surface area contributed by atoms with Crippen molar-refractivity contribution >= 4 is 11.6 Å². The lowest BCUT2D eigenvalue weighted by molar-refractivity contribution is 0.815. The molecular weight excluding hydrogens is 108 g/mol. The second-order valence-corrected chi connectivity index (χ2v) is 1.76.